The third-order valence-electron chi connectivity index (χ3n) is 2.93. The average molecular weight is 214 g/mol. The van der Waals surface area contributed by atoms with E-state index >= 15 is 0 Å². The highest BCUT2D eigenvalue weighted by molar-refractivity contribution is 4.71. The van der Waals surface area contributed by atoms with Gasteiger partial charge < -0.3 is 10.6 Å². The van der Waals surface area contributed by atoms with Crippen LogP contribution in [0.1, 0.15) is 59.8 Å². The first-order valence-electron chi connectivity index (χ1n) is 6.61. The third kappa shape index (κ3) is 7.80. The maximum Gasteiger partial charge on any atom is 0.00815 e. The summed E-state index contributed by atoms with van der Waals surface area (Å²) < 4.78 is 0. The third-order valence-corrected chi connectivity index (χ3v) is 2.93. The van der Waals surface area contributed by atoms with E-state index in [1.54, 1.807) is 0 Å². The van der Waals surface area contributed by atoms with E-state index in [2.05, 4.69) is 32.6 Å². The lowest BCUT2D eigenvalue weighted by atomic mass is 10.1. The Labute approximate surface area is 96.2 Å². The maximum absolute atomic E-state index is 5.86. The molecule has 0 aromatic rings. The van der Waals surface area contributed by atoms with Gasteiger partial charge in [0.25, 0.3) is 0 Å². The molecule has 2 unspecified atom stereocenters. The van der Waals surface area contributed by atoms with Crippen molar-refractivity contribution in [1.29, 1.82) is 0 Å². The zero-order valence-corrected chi connectivity index (χ0v) is 11.1. The highest BCUT2D eigenvalue weighted by atomic mass is 15.1. The summed E-state index contributed by atoms with van der Waals surface area (Å²) >= 11 is 0. The van der Waals surface area contributed by atoms with Crippen molar-refractivity contribution in [3.05, 3.63) is 0 Å². The van der Waals surface area contributed by atoms with Crippen molar-refractivity contribution in [2.75, 3.05) is 13.1 Å². The predicted molar refractivity (Wildman–Crippen MR) is 69.1 cm³/mol. The number of rotatable bonds is 9. The van der Waals surface area contributed by atoms with E-state index in [4.69, 9.17) is 5.73 Å². The van der Waals surface area contributed by atoms with Crippen LogP contribution in [0.3, 0.4) is 0 Å². The normalized spacial score (nSPS) is 15.6. The van der Waals surface area contributed by atoms with Gasteiger partial charge in [-0.1, -0.05) is 26.7 Å². The van der Waals surface area contributed by atoms with E-state index in [1.165, 1.54) is 38.8 Å². The molecule has 0 aliphatic carbocycles. The summed E-state index contributed by atoms with van der Waals surface area (Å²) in [6.07, 6.45) is 6.31. The van der Waals surface area contributed by atoms with Crippen LogP contribution in [0.4, 0.5) is 0 Å². The van der Waals surface area contributed by atoms with E-state index in [1.807, 2.05) is 0 Å². The summed E-state index contributed by atoms with van der Waals surface area (Å²) in [5.74, 6) is 0. The van der Waals surface area contributed by atoms with Gasteiger partial charge >= 0.3 is 0 Å². The molecule has 2 N–H and O–H groups in total. The Morgan fingerprint density at radius 3 is 1.80 bits per heavy atom. The summed E-state index contributed by atoms with van der Waals surface area (Å²) in [4.78, 5) is 2.61. The van der Waals surface area contributed by atoms with E-state index in [0.29, 0.717) is 12.1 Å². The Kier molecular flexibility index (Phi) is 9.12. The molecule has 0 aliphatic rings. The van der Waals surface area contributed by atoms with Crippen LogP contribution in [0.2, 0.25) is 0 Å². The summed E-state index contributed by atoms with van der Waals surface area (Å²) in [5.41, 5.74) is 5.86. The fraction of sp³-hybridized carbons (Fsp3) is 1.00. The lowest BCUT2D eigenvalue weighted by Gasteiger charge is -2.30. The molecular formula is C13H30N2. The molecule has 0 heterocycles. The molecular weight excluding hydrogens is 184 g/mol. The fourth-order valence-electron chi connectivity index (χ4n) is 1.96. The molecule has 0 spiro atoms. The second kappa shape index (κ2) is 9.17. The molecule has 2 heteroatoms. The smallest absolute Gasteiger partial charge is 0.00815 e. The first-order chi connectivity index (χ1) is 7.11. The van der Waals surface area contributed by atoms with Gasteiger partial charge in [-0.3, -0.25) is 0 Å². The summed E-state index contributed by atoms with van der Waals surface area (Å²) in [5, 5.41) is 0. The fourth-order valence-corrected chi connectivity index (χ4v) is 1.96. The lowest BCUT2D eigenvalue weighted by molar-refractivity contribution is 0.188. The topological polar surface area (TPSA) is 29.3 Å². The van der Waals surface area contributed by atoms with Gasteiger partial charge in [-0.2, -0.15) is 0 Å². The molecule has 0 radical (unpaired) electrons. The second-order valence-electron chi connectivity index (χ2n) is 4.81. The Hall–Kier alpha value is -0.0800. The first-order valence-corrected chi connectivity index (χ1v) is 6.61. The van der Waals surface area contributed by atoms with E-state index in [-0.39, 0.29) is 0 Å². The molecule has 0 aromatic carbocycles. The van der Waals surface area contributed by atoms with Crippen LogP contribution in [0.15, 0.2) is 0 Å². The van der Waals surface area contributed by atoms with Gasteiger partial charge in [-0.05, 0) is 46.2 Å². The Morgan fingerprint density at radius 1 is 1.00 bits per heavy atom. The second-order valence-corrected chi connectivity index (χ2v) is 4.81. The highest BCUT2D eigenvalue weighted by Crippen LogP contribution is 2.09. The average Bonchev–Trinajstić information content (AvgIpc) is 2.17. The molecule has 0 aromatic heterocycles. The van der Waals surface area contributed by atoms with Crippen molar-refractivity contribution in [2.45, 2.75) is 71.9 Å². The van der Waals surface area contributed by atoms with E-state index in [0.717, 1.165) is 6.42 Å². The minimum absolute atomic E-state index is 0.325. The van der Waals surface area contributed by atoms with Gasteiger partial charge in [0.1, 0.15) is 0 Å². The standard InChI is InChI=1S/C13H30N2/c1-5-7-9-15(10-8-6-2)13(4)11-12(3)14/h12-13H,5-11,14H2,1-4H3. The van der Waals surface area contributed by atoms with Crippen molar-refractivity contribution >= 4 is 0 Å². The van der Waals surface area contributed by atoms with Crippen LogP contribution >= 0.6 is 0 Å². The molecule has 0 aliphatic heterocycles. The minimum atomic E-state index is 0.325. The van der Waals surface area contributed by atoms with Gasteiger partial charge in [0, 0.05) is 12.1 Å². The van der Waals surface area contributed by atoms with Crippen LogP contribution in [-0.4, -0.2) is 30.1 Å². The van der Waals surface area contributed by atoms with E-state index in [9.17, 15) is 0 Å². The van der Waals surface area contributed by atoms with E-state index < -0.39 is 0 Å². The summed E-state index contributed by atoms with van der Waals surface area (Å²) in [6, 6.07) is 0.967. The zero-order valence-electron chi connectivity index (χ0n) is 11.1. The van der Waals surface area contributed by atoms with Gasteiger partial charge in [0.15, 0.2) is 0 Å². The Bertz CT molecular complexity index is 126. The van der Waals surface area contributed by atoms with Crippen LogP contribution in [-0.2, 0) is 0 Å². The minimum Gasteiger partial charge on any atom is -0.328 e. The van der Waals surface area contributed by atoms with Crippen molar-refractivity contribution in [3.8, 4) is 0 Å². The first kappa shape index (κ1) is 14.9. The molecule has 2 atom stereocenters. The SMILES string of the molecule is CCCCN(CCCC)C(C)CC(C)N. The van der Waals surface area contributed by atoms with Gasteiger partial charge in [-0.15, -0.1) is 0 Å². The highest BCUT2D eigenvalue weighted by Gasteiger charge is 2.13. The van der Waals surface area contributed by atoms with Crippen LogP contribution in [0.25, 0.3) is 0 Å². The summed E-state index contributed by atoms with van der Waals surface area (Å²) in [7, 11) is 0. The molecule has 0 saturated carbocycles. The Morgan fingerprint density at radius 2 is 1.47 bits per heavy atom. The predicted octanol–water partition coefficient (Wildman–Crippen LogP) is 3.01. The number of hydrogen-bond donors (Lipinski definition) is 1. The van der Waals surface area contributed by atoms with Crippen molar-refractivity contribution in [2.24, 2.45) is 5.73 Å². The molecule has 0 amide bonds. The number of nitrogens with zero attached hydrogens (tertiary/aromatic N) is 1. The van der Waals surface area contributed by atoms with Gasteiger partial charge in [0.05, 0.1) is 0 Å². The number of hydrogen-bond acceptors (Lipinski definition) is 2. The summed E-state index contributed by atoms with van der Waals surface area (Å²) in [6.45, 7) is 11.4. The van der Waals surface area contributed by atoms with Gasteiger partial charge in [-0.25, -0.2) is 0 Å². The Balaban J connectivity index is 3.95. The largest absolute Gasteiger partial charge is 0.328 e. The molecule has 15 heavy (non-hydrogen) atoms. The van der Waals surface area contributed by atoms with Crippen LogP contribution < -0.4 is 5.73 Å². The quantitative estimate of drug-likeness (QED) is 0.639. The molecule has 2 nitrogen and oxygen atoms in total. The van der Waals surface area contributed by atoms with Gasteiger partial charge in [0.2, 0.25) is 0 Å². The van der Waals surface area contributed by atoms with Crippen LogP contribution in [0, 0.1) is 0 Å². The maximum atomic E-state index is 5.86. The van der Waals surface area contributed by atoms with Crippen molar-refractivity contribution in [1.82, 2.24) is 4.90 Å². The number of nitrogens with two attached hydrogens (primary N) is 1. The molecule has 0 saturated heterocycles. The lowest BCUT2D eigenvalue weighted by Crippen LogP contribution is -2.38. The van der Waals surface area contributed by atoms with Crippen molar-refractivity contribution in [3.63, 3.8) is 0 Å². The zero-order chi connectivity index (χ0) is 11.7. The van der Waals surface area contributed by atoms with Crippen molar-refractivity contribution < 1.29 is 0 Å². The molecule has 0 fully saturated rings. The molecule has 92 valence electrons. The molecule has 0 bridgehead atoms. The monoisotopic (exact) mass is 214 g/mol. The molecule has 0 rings (SSSR count). The number of unbranched alkanes of at least 4 members (excludes halogenated alkanes) is 2. The van der Waals surface area contributed by atoms with Crippen LogP contribution in [0.5, 0.6) is 0 Å².